The fourth-order valence-corrected chi connectivity index (χ4v) is 2.53. The third-order valence-corrected chi connectivity index (χ3v) is 3.90. The molecule has 0 saturated carbocycles. The maximum atomic E-state index is 11.6. The van der Waals surface area contributed by atoms with Gasteiger partial charge >= 0.3 is 0 Å². The molecule has 0 unspecified atom stereocenters. The Morgan fingerprint density at radius 1 is 1.56 bits per heavy atom. The van der Waals surface area contributed by atoms with Gasteiger partial charge in [0.2, 0.25) is 5.91 Å². The van der Waals surface area contributed by atoms with Gasteiger partial charge < -0.3 is 15.3 Å². The van der Waals surface area contributed by atoms with Crippen LogP contribution in [0.2, 0.25) is 0 Å². The lowest BCUT2D eigenvalue weighted by molar-refractivity contribution is -0.121. The van der Waals surface area contributed by atoms with Crippen molar-refractivity contribution >= 4 is 22.9 Å². The molecule has 0 atom stereocenters. The molecule has 1 aliphatic heterocycles. The Morgan fingerprint density at radius 3 is 2.83 bits per heavy atom. The highest BCUT2D eigenvalue weighted by atomic mass is 32.2. The average Bonchev–Trinajstić information content (AvgIpc) is 2.70. The molecular weight excluding hydrogens is 252 g/mol. The molecule has 6 heteroatoms. The lowest BCUT2D eigenvalue weighted by atomic mass is 9.90. The maximum Gasteiger partial charge on any atom is 0.281 e. The second-order valence-electron chi connectivity index (χ2n) is 5.27. The second kappa shape index (κ2) is 6.99. The minimum absolute atomic E-state index is 0.0364. The summed E-state index contributed by atoms with van der Waals surface area (Å²) in [5, 5.41) is 11.8. The molecule has 1 rings (SSSR count). The normalized spacial score (nSPS) is 16.2. The number of hydrogen-bond donors (Lipinski definition) is 2. The van der Waals surface area contributed by atoms with E-state index >= 15 is 0 Å². The highest BCUT2D eigenvalue weighted by Crippen LogP contribution is 2.18. The van der Waals surface area contributed by atoms with Crippen molar-refractivity contribution in [2.45, 2.75) is 26.7 Å². The van der Waals surface area contributed by atoms with E-state index in [1.807, 2.05) is 13.8 Å². The number of rotatable bonds is 7. The molecule has 2 N–H and O–H groups in total. The molecule has 1 saturated heterocycles. The molecule has 104 valence electrons. The lowest BCUT2D eigenvalue weighted by Gasteiger charge is -2.24. The summed E-state index contributed by atoms with van der Waals surface area (Å²) >= 11 is 1.31. The molecule has 0 aromatic carbocycles. The quantitative estimate of drug-likeness (QED) is 0.728. The van der Waals surface area contributed by atoms with E-state index in [-0.39, 0.29) is 23.2 Å². The number of nitrogens with zero attached hydrogens (tertiary/aromatic N) is 1. The first-order valence-corrected chi connectivity index (χ1v) is 7.22. The van der Waals surface area contributed by atoms with Crippen LogP contribution in [0.3, 0.4) is 0 Å². The van der Waals surface area contributed by atoms with E-state index in [0.717, 1.165) is 12.3 Å². The third-order valence-electron chi connectivity index (χ3n) is 3.01. The minimum Gasteiger partial charge on any atom is -0.396 e. The van der Waals surface area contributed by atoms with E-state index in [1.165, 1.54) is 11.8 Å². The van der Waals surface area contributed by atoms with E-state index in [0.29, 0.717) is 25.9 Å². The standard InChI is InChI=1S/C12H22N2O3S/c1-12(2,4-7-15)9-13-10(16)3-5-14-6-8-18-11(14)17/h15H,3-9H2,1-2H3,(H,13,16). The van der Waals surface area contributed by atoms with Crippen LogP contribution in [0.4, 0.5) is 4.79 Å². The minimum atomic E-state index is -0.0935. The molecule has 1 fully saturated rings. The van der Waals surface area contributed by atoms with Gasteiger partial charge in [-0.3, -0.25) is 9.59 Å². The summed E-state index contributed by atoms with van der Waals surface area (Å²) in [4.78, 5) is 24.7. The number of hydrogen-bond acceptors (Lipinski definition) is 4. The van der Waals surface area contributed by atoms with Gasteiger partial charge in [0.15, 0.2) is 0 Å². The molecule has 1 aliphatic rings. The van der Waals surface area contributed by atoms with E-state index in [1.54, 1.807) is 4.90 Å². The van der Waals surface area contributed by atoms with Gasteiger partial charge in [-0.05, 0) is 11.8 Å². The molecule has 18 heavy (non-hydrogen) atoms. The van der Waals surface area contributed by atoms with Crippen LogP contribution in [0.15, 0.2) is 0 Å². The first-order valence-electron chi connectivity index (χ1n) is 6.24. The fraction of sp³-hybridized carbons (Fsp3) is 0.833. The van der Waals surface area contributed by atoms with Crippen molar-refractivity contribution in [1.82, 2.24) is 10.2 Å². The first-order chi connectivity index (χ1) is 8.44. The highest BCUT2D eigenvalue weighted by Gasteiger charge is 2.22. The van der Waals surface area contributed by atoms with Crippen molar-refractivity contribution in [3.05, 3.63) is 0 Å². The fourth-order valence-electron chi connectivity index (χ4n) is 1.68. The van der Waals surface area contributed by atoms with Crippen LogP contribution < -0.4 is 5.32 Å². The van der Waals surface area contributed by atoms with E-state index in [4.69, 9.17) is 5.11 Å². The zero-order chi connectivity index (χ0) is 13.6. The second-order valence-corrected chi connectivity index (χ2v) is 6.31. The molecule has 0 spiro atoms. The Bertz CT molecular complexity index is 308. The maximum absolute atomic E-state index is 11.6. The van der Waals surface area contributed by atoms with Gasteiger partial charge in [-0.15, -0.1) is 0 Å². The van der Waals surface area contributed by atoms with Crippen LogP contribution in [-0.4, -0.2) is 53.1 Å². The van der Waals surface area contributed by atoms with Crippen LogP contribution in [0, 0.1) is 5.41 Å². The molecule has 0 aliphatic carbocycles. The Kier molecular flexibility index (Phi) is 5.95. The zero-order valence-corrected chi connectivity index (χ0v) is 11.9. The largest absolute Gasteiger partial charge is 0.396 e. The van der Waals surface area contributed by atoms with E-state index in [2.05, 4.69) is 5.32 Å². The highest BCUT2D eigenvalue weighted by molar-refractivity contribution is 8.13. The van der Waals surface area contributed by atoms with Gasteiger partial charge in [-0.1, -0.05) is 25.6 Å². The molecular formula is C12H22N2O3S. The summed E-state index contributed by atoms with van der Waals surface area (Å²) in [6.07, 6.45) is 1.01. The van der Waals surface area contributed by atoms with E-state index in [9.17, 15) is 9.59 Å². The average molecular weight is 274 g/mol. The number of carbonyl (C=O) groups is 2. The molecule has 0 bridgehead atoms. The van der Waals surface area contributed by atoms with Gasteiger partial charge in [0.25, 0.3) is 5.24 Å². The summed E-state index contributed by atoms with van der Waals surface area (Å²) in [5.41, 5.74) is -0.0935. The number of amides is 2. The number of aliphatic hydroxyl groups is 1. The van der Waals surface area contributed by atoms with Crippen molar-refractivity contribution in [3.63, 3.8) is 0 Å². The van der Waals surface area contributed by atoms with Crippen LogP contribution in [-0.2, 0) is 4.79 Å². The number of aliphatic hydroxyl groups excluding tert-OH is 1. The molecule has 5 nitrogen and oxygen atoms in total. The summed E-state index contributed by atoms with van der Waals surface area (Å²) in [7, 11) is 0. The Balaban J connectivity index is 2.19. The number of nitrogens with one attached hydrogen (secondary N) is 1. The number of thioether (sulfide) groups is 1. The van der Waals surface area contributed by atoms with Crippen molar-refractivity contribution in [2.75, 3.05) is 32.0 Å². The molecule has 1 heterocycles. The van der Waals surface area contributed by atoms with Crippen LogP contribution in [0.5, 0.6) is 0 Å². The Hall–Kier alpha value is -0.750. The number of carbonyl (C=O) groups excluding carboxylic acids is 2. The summed E-state index contributed by atoms with van der Waals surface area (Å²) in [6.45, 7) is 5.93. The monoisotopic (exact) mass is 274 g/mol. The van der Waals surface area contributed by atoms with Crippen molar-refractivity contribution in [1.29, 1.82) is 0 Å². The summed E-state index contributed by atoms with van der Waals surface area (Å²) < 4.78 is 0. The first kappa shape index (κ1) is 15.3. The predicted octanol–water partition coefficient (Wildman–Crippen LogP) is 1.07. The zero-order valence-electron chi connectivity index (χ0n) is 11.1. The smallest absolute Gasteiger partial charge is 0.281 e. The van der Waals surface area contributed by atoms with Crippen LogP contribution in [0.1, 0.15) is 26.7 Å². The van der Waals surface area contributed by atoms with Crippen molar-refractivity contribution in [2.24, 2.45) is 5.41 Å². The lowest BCUT2D eigenvalue weighted by Crippen LogP contribution is -2.36. The molecule has 0 aromatic rings. The van der Waals surface area contributed by atoms with Crippen LogP contribution in [0.25, 0.3) is 0 Å². The van der Waals surface area contributed by atoms with Crippen molar-refractivity contribution < 1.29 is 14.7 Å². The van der Waals surface area contributed by atoms with Crippen molar-refractivity contribution in [3.8, 4) is 0 Å². The van der Waals surface area contributed by atoms with Gasteiger partial charge in [0.05, 0.1) is 0 Å². The Labute approximate surface area is 112 Å². The predicted molar refractivity (Wildman–Crippen MR) is 72.5 cm³/mol. The topological polar surface area (TPSA) is 69.6 Å². The Morgan fingerprint density at radius 2 is 2.28 bits per heavy atom. The molecule has 0 radical (unpaired) electrons. The summed E-state index contributed by atoms with van der Waals surface area (Å²) in [6, 6.07) is 0. The van der Waals surface area contributed by atoms with Gasteiger partial charge in [0, 0.05) is 38.4 Å². The van der Waals surface area contributed by atoms with Gasteiger partial charge in [-0.25, -0.2) is 0 Å². The van der Waals surface area contributed by atoms with Crippen LogP contribution >= 0.6 is 11.8 Å². The van der Waals surface area contributed by atoms with Gasteiger partial charge in [-0.2, -0.15) is 0 Å². The molecule has 0 aromatic heterocycles. The van der Waals surface area contributed by atoms with E-state index < -0.39 is 0 Å². The molecule has 2 amide bonds. The van der Waals surface area contributed by atoms with Gasteiger partial charge in [0.1, 0.15) is 0 Å². The third kappa shape index (κ3) is 5.27. The summed E-state index contributed by atoms with van der Waals surface area (Å²) in [5.74, 6) is 0.787. The SMILES string of the molecule is CC(C)(CCO)CNC(=O)CCN1CCSC1=O.